The lowest BCUT2D eigenvalue weighted by atomic mass is 10.0. The minimum absolute atomic E-state index is 0.219. The van der Waals surface area contributed by atoms with Crippen LogP contribution in [0.1, 0.15) is 23.6 Å². The van der Waals surface area contributed by atoms with Crippen molar-refractivity contribution >= 4 is 20.1 Å². The van der Waals surface area contributed by atoms with Crippen LogP contribution in [0.2, 0.25) is 0 Å². The van der Waals surface area contributed by atoms with E-state index in [4.69, 9.17) is 13.7 Å². The van der Waals surface area contributed by atoms with Crippen LogP contribution >= 0.6 is 0 Å². The number of ether oxygens (including phenoxy) is 2. The molecule has 2 atom stereocenters. The van der Waals surface area contributed by atoms with Crippen LogP contribution in [0.3, 0.4) is 0 Å². The van der Waals surface area contributed by atoms with E-state index in [1.165, 1.54) is 10.6 Å². The molecule has 3 rings (SSSR count). The number of sulfonamides is 1. The molecule has 2 unspecified atom stereocenters. The second-order valence-electron chi connectivity index (χ2n) is 7.57. The molecule has 0 spiro atoms. The number of benzene rings is 2. The highest BCUT2D eigenvalue weighted by Crippen LogP contribution is 2.26. The van der Waals surface area contributed by atoms with Crippen LogP contribution in [0.25, 0.3) is 0 Å². The van der Waals surface area contributed by atoms with Crippen LogP contribution < -0.4 is 4.74 Å². The summed E-state index contributed by atoms with van der Waals surface area (Å²) >= 11 is 0. The molecular weight excluding hydrogens is 442 g/mol. The Labute approximate surface area is 183 Å². The molecule has 0 saturated heterocycles. The van der Waals surface area contributed by atoms with E-state index in [9.17, 15) is 16.8 Å². The van der Waals surface area contributed by atoms with Gasteiger partial charge in [-0.05, 0) is 42.2 Å². The van der Waals surface area contributed by atoms with E-state index in [1.807, 2.05) is 42.5 Å². The molecule has 0 aliphatic carbocycles. The second-order valence-corrected chi connectivity index (χ2v) is 11.1. The van der Waals surface area contributed by atoms with Crippen molar-refractivity contribution in [3.05, 3.63) is 65.2 Å². The third-order valence-electron chi connectivity index (χ3n) is 4.84. The highest BCUT2D eigenvalue weighted by Gasteiger charge is 2.27. The first-order valence-corrected chi connectivity index (χ1v) is 13.4. The summed E-state index contributed by atoms with van der Waals surface area (Å²) in [6.45, 7) is 2.50. The SMILES string of the molecule is CC(OS(C)(=O)=O)C(OCc1ccccc1)Oc1ccc2c(c1)CCN(S(C)(=O)=O)C2. The van der Waals surface area contributed by atoms with Gasteiger partial charge in [-0.2, -0.15) is 12.7 Å². The number of hydrogen-bond donors (Lipinski definition) is 0. The lowest BCUT2D eigenvalue weighted by Crippen LogP contribution is -2.36. The third kappa shape index (κ3) is 7.01. The van der Waals surface area contributed by atoms with Gasteiger partial charge in [0.05, 0.1) is 19.1 Å². The first kappa shape index (κ1) is 23.7. The fraction of sp³-hybridized carbons (Fsp3) is 0.429. The zero-order chi connectivity index (χ0) is 22.6. The molecule has 1 heterocycles. The molecule has 0 N–H and O–H groups in total. The molecule has 0 amide bonds. The number of hydrogen-bond acceptors (Lipinski definition) is 7. The van der Waals surface area contributed by atoms with E-state index in [-0.39, 0.29) is 6.61 Å². The molecule has 2 aromatic carbocycles. The number of rotatable bonds is 9. The summed E-state index contributed by atoms with van der Waals surface area (Å²) in [4.78, 5) is 0. The molecule has 2 aromatic rings. The molecule has 0 aromatic heterocycles. The third-order valence-corrected chi connectivity index (χ3v) is 6.75. The minimum atomic E-state index is -3.70. The Morgan fingerprint density at radius 3 is 2.35 bits per heavy atom. The first-order valence-electron chi connectivity index (χ1n) is 9.78. The van der Waals surface area contributed by atoms with E-state index in [1.54, 1.807) is 13.0 Å². The number of nitrogens with zero attached hydrogens (tertiary/aromatic N) is 1. The average molecular weight is 470 g/mol. The van der Waals surface area contributed by atoms with Gasteiger partial charge in [-0.3, -0.25) is 4.18 Å². The molecule has 10 heteroatoms. The fourth-order valence-corrected chi connectivity index (χ4v) is 4.77. The van der Waals surface area contributed by atoms with E-state index in [2.05, 4.69) is 0 Å². The predicted molar refractivity (Wildman–Crippen MR) is 116 cm³/mol. The van der Waals surface area contributed by atoms with Gasteiger partial charge < -0.3 is 9.47 Å². The smallest absolute Gasteiger partial charge is 0.264 e. The van der Waals surface area contributed by atoms with E-state index in [0.717, 1.165) is 22.9 Å². The largest absolute Gasteiger partial charge is 0.462 e. The lowest BCUT2D eigenvalue weighted by Gasteiger charge is -2.28. The van der Waals surface area contributed by atoms with Gasteiger partial charge >= 0.3 is 0 Å². The maximum Gasteiger partial charge on any atom is 0.264 e. The van der Waals surface area contributed by atoms with Gasteiger partial charge in [0.2, 0.25) is 16.3 Å². The maximum absolute atomic E-state index is 11.8. The van der Waals surface area contributed by atoms with Crippen molar-refractivity contribution < 1.29 is 30.5 Å². The Bertz CT molecular complexity index is 1100. The predicted octanol–water partition coefficient (Wildman–Crippen LogP) is 2.29. The van der Waals surface area contributed by atoms with Crippen molar-refractivity contribution in [3.8, 4) is 5.75 Å². The molecule has 0 radical (unpaired) electrons. The van der Waals surface area contributed by atoms with Crippen molar-refractivity contribution in [3.63, 3.8) is 0 Å². The van der Waals surface area contributed by atoms with Crippen molar-refractivity contribution in [2.75, 3.05) is 19.1 Å². The molecule has 0 bridgehead atoms. The average Bonchev–Trinajstić information content (AvgIpc) is 2.69. The molecule has 1 aliphatic heterocycles. The van der Waals surface area contributed by atoms with E-state index in [0.29, 0.717) is 25.3 Å². The first-order chi connectivity index (χ1) is 14.5. The summed E-state index contributed by atoms with van der Waals surface area (Å²) in [5, 5.41) is 0. The van der Waals surface area contributed by atoms with Gasteiger partial charge in [-0.15, -0.1) is 0 Å². The monoisotopic (exact) mass is 469 g/mol. The molecule has 31 heavy (non-hydrogen) atoms. The van der Waals surface area contributed by atoms with Crippen LogP contribution in [-0.2, 0) is 48.6 Å². The summed E-state index contributed by atoms with van der Waals surface area (Å²) < 4.78 is 65.1. The highest BCUT2D eigenvalue weighted by molar-refractivity contribution is 7.88. The van der Waals surface area contributed by atoms with Crippen LogP contribution in [0, 0.1) is 0 Å². The second kappa shape index (κ2) is 9.66. The summed E-state index contributed by atoms with van der Waals surface area (Å²) in [7, 11) is -6.95. The zero-order valence-electron chi connectivity index (χ0n) is 17.7. The van der Waals surface area contributed by atoms with Gasteiger partial charge in [-0.1, -0.05) is 36.4 Å². The fourth-order valence-electron chi connectivity index (χ4n) is 3.33. The minimum Gasteiger partial charge on any atom is -0.462 e. The van der Waals surface area contributed by atoms with Gasteiger partial charge in [0.25, 0.3) is 10.1 Å². The summed E-state index contributed by atoms with van der Waals surface area (Å²) in [5.41, 5.74) is 2.80. The topological polar surface area (TPSA) is 99.2 Å². The van der Waals surface area contributed by atoms with Crippen LogP contribution in [0.15, 0.2) is 48.5 Å². The lowest BCUT2D eigenvalue weighted by molar-refractivity contribution is -0.138. The number of fused-ring (bicyclic) bond motifs is 1. The Balaban J connectivity index is 1.75. The van der Waals surface area contributed by atoms with Gasteiger partial charge in [0, 0.05) is 13.1 Å². The summed E-state index contributed by atoms with van der Waals surface area (Å²) in [5.74, 6) is 0.494. The molecule has 0 saturated carbocycles. The quantitative estimate of drug-likeness (QED) is 0.410. The Morgan fingerprint density at radius 2 is 1.71 bits per heavy atom. The Kier molecular flexibility index (Phi) is 7.38. The van der Waals surface area contributed by atoms with Gasteiger partial charge in [-0.25, -0.2) is 8.42 Å². The van der Waals surface area contributed by atoms with Crippen LogP contribution in [0.5, 0.6) is 5.75 Å². The summed E-state index contributed by atoms with van der Waals surface area (Å²) in [6, 6.07) is 14.8. The maximum atomic E-state index is 11.8. The van der Waals surface area contributed by atoms with Crippen molar-refractivity contribution in [2.45, 2.75) is 38.9 Å². The van der Waals surface area contributed by atoms with Crippen molar-refractivity contribution in [2.24, 2.45) is 0 Å². The molecule has 170 valence electrons. The van der Waals surface area contributed by atoms with E-state index < -0.39 is 32.5 Å². The zero-order valence-corrected chi connectivity index (χ0v) is 19.4. The van der Waals surface area contributed by atoms with Crippen molar-refractivity contribution in [1.29, 1.82) is 0 Å². The van der Waals surface area contributed by atoms with Gasteiger partial charge in [0.15, 0.2) is 0 Å². The van der Waals surface area contributed by atoms with Gasteiger partial charge in [0.1, 0.15) is 11.9 Å². The Hall–Kier alpha value is -1.98. The highest BCUT2D eigenvalue weighted by atomic mass is 32.2. The van der Waals surface area contributed by atoms with Crippen LogP contribution in [0.4, 0.5) is 0 Å². The normalized spacial score (nSPS) is 17.0. The Morgan fingerprint density at radius 1 is 1.00 bits per heavy atom. The molecule has 0 fully saturated rings. The van der Waals surface area contributed by atoms with Crippen LogP contribution in [-0.4, -0.2) is 52.6 Å². The molecule has 1 aliphatic rings. The molecular formula is C21H27NO7S2. The summed E-state index contributed by atoms with van der Waals surface area (Å²) in [6.07, 6.45) is 0.891. The standard InChI is InChI=1S/C21H27NO7S2/c1-16(29-31(3,25)26)21(27-15-17-7-5-4-6-8-17)28-20-10-9-19-14-22(30(2,23)24)12-11-18(19)13-20/h4-10,13,16,21H,11-12,14-15H2,1-3H3. The van der Waals surface area contributed by atoms with Crippen molar-refractivity contribution in [1.82, 2.24) is 4.31 Å². The van der Waals surface area contributed by atoms with E-state index >= 15 is 0 Å². The molecule has 8 nitrogen and oxygen atoms in total.